The van der Waals surface area contributed by atoms with Gasteiger partial charge in [-0.05, 0) is 68.6 Å². The fourth-order valence-electron chi connectivity index (χ4n) is 8.29. The molecule has 0 N–H and O–H groups in total. The lowest BCUT2D eigenvalue weighted by molar-refractivity contribution is -0.174. The van der Waals surface area contributed by atoms with Gasteiger partial charge in [-0.25, -0.2) is 0 Å². The number of hydrogen-bond donors (Lipinski definition) is 0. The van der Waals surface area contributed by atoms with E-state index < -0.39 is 5.60 Å². The zero-order valence-electron chi connectivity index (χ0n) is 18.1. The summed E-state index contributed by atoms with van der Waals surface area (Å²) in [6.07, 6.45) is 11.5. The Balaban J connectivity index is 1.46. The van der Waals surface area contributed by atoms with Crippen LogP contribution in [0.5, 0.6) is 0 Å². The van der Waals surface area contributed by atoms with Crippen molar-refractivity contribution in [2.45, 2.75) is 84.3 Å². The van der Waals surface area contributed by atoms with E-state index in [1.807, 2.05) is 6.21 Å². The monoisotopic (exact) mass is 399 g/mol. The van der Waals surface area contributed by atoms with Crippen molar-refractivity contribution in [1.82, 2.24) is 0 Å². The predicted molar refractivity (Wildman–Crippen MR) is 109 cm³/mol. The largest absolute Gasteiger partial charge is 0.462 e. The molecule has 5 rings (SSSR count). The quantitative estimate of drug-likeness (QED) is 0.508. The summed E-state index contributed by atoms with van der Waals surface area (Å²) in [5.74, 6) is 1.80. The van der Waals surface area contributed by atoms with Crippen LogP contribution in [0, 0.1) is 34.5 Å². The number of allylic oxidation sites excluding steroid dienone is 1. The predicted octanol–water partition coefficient (Wildman–Crippen LogP) is 4.45. The maximum Gasteiger partial charge on any atom is 0.302 e. The summed E-state index contributed by atoms with van der Waals surface area (Å²) in [5, 5.41) is 4.11. The highest BCUT2D eigenvalue weighted by Crippen LogP contribution is 2.69. The van der Waals surface area contributed by atoms with Gasteiger partial charge in [0.2, 0.25) is 5.60 Å². The molecule has 0 spiro atoms. The van der Waals surface area contributed by atoms with Gasteiger partial charge in [0.15, 0.2) is 5.78 Å². The number of ether oxygens (including phenoxy) is 1. The molecule has 1 aliphatic heterocycles. The minimum atomic E-state index is -0.749. The molecule has 0 unspecified atom stereocenters. The molecule has 5 nitrogen and oxygen atoms in total. The minimum Gasteiger partial charge on any atom is -0.462 e. The summed E-state index contributed by atoms with van der Waals surface area (Å²) in [6, 6.07) is 0. The Bertz CT molecular complexity index is 818. The average Bonchev–Trinajstić information content (AvgIpc) is 3.18. The highest BCUT2D eigenvalue weighted by molar-refractivity contribution is 5.92. The zero-order valence-corrected chi connectivity index (χ0v) is 18.1. The maximum atomic E-state index is 12.8. The maximum absolute atomic E-state index is 12.8. The van der Waals surface area contributed by atoms with Gasteiger partial charge in [-0.15, -0.1) is 0 Å². The lowest BCUT2D eigenvalue weighted by Gasteiger charge is -2.58. The first-order chi connectivity index (χ1) is 13.7. The van der Waals surface area contributed by atoms with E-state index in [4.69, 9.17) is 9.57 Å². The second kappa shape index (κ2) is 6.18. The van der Waals surface area contributed by atoms with Crippen molar-refractivity contribution in [3.63, 3.8) is 0 Å². The van der Waals surface area contributed by atoms with E-state index >= 15 is 0 Å². The van der Waals surface area contributed by atoms with E-state index in [1.165, 1.54) is 12.5 Å². The molecule has 0 saturated heterocycles. The van der Waals surface area contributed by atoms with Crippen LogP contribution in [0.25, 0.3) is 0 Å². The number of esters is 1. The standard InChI is InChI=1S/C24H33NO4/c1-14(26)24-17(13-25-29-24)12-21-19-6-5-16-11-18(28-15(2)27)7-9-22(16,3)20(19)8-10-23(21,24)4/h5,13,17-21H,6-12H2,1-4H3/t17-,18-,19+,20-,21-,22-,23-,24+/m0/s1. The summed E-state index contributed by atoms with van der Waals surface area (Å²) < 4.78 is 5.55. The number of rotatable bonds is 2. The van der Waals surface area contributed by atoms with Crippen LogP contribution in [0.1, 0.15) is 72.6 Å². The van der Waals surface area contributed by atoms with Crippen molar-refractivity contribution in [1.29, 1.82) is 0 Å². The number of carbonyl (C=O) groups excluding carboxylic acids is 2. The molecule has 5 aliphatic rings. The Hall–Kier alpha value is -1.65. The Morgan fingerprint density at radius 1 is 1.17 bits per heavy atom. The van der Waals surface area contributed by atoms with Gasteiger partial charge in [-0.2, -0.15) is 0 Å². The summed E-state index contributed by atoms with van der Waals surface area (Å²) in [6.45, 7) is 7.94. The van der Waals surface area contributed by atoms with Gasteiger partial charge >= 0.3 is 5.97 Å². The molecule has 0 bridgehead atoms. The van der Waals surface area contributed by atoms with Crippen molar-refractivity contribution in [3.05, 3.63) is 11.6 Å². The molecule has 0 amide bonds. The van der Waals surface area contributed by atoms with Crippen molar-refractivity contribution in [2.75, 3.05) is 0 Å². The van der Waals surface area contributed by atoms with Crippen LogP contribution < -0.4 is 0 Å². The second-order valence-corrected chi connectivity index (χ2v) is 10.7. The van der Waals surface area contributed by atoms with E-state index in [-0.39, 0.29) is 34.6 Å². The molecule has 5 heteroatoms. The molecule has 8 atom stereocenters. The fraction of sp³-hybridized carbons (Fsp3) is 0.792. The number of oxime groups is 1. The molecular weight excluding hydrogens is 366 g/mol. The van der Waals surface area contributed by atoms with Crippen LogP contribution >= 0.6 is 0 Å². The Labute approximate surface area is 173 Å². The summed E-state index contributed by atoms with van der Waals surface area (Å²) in [4.78, 5) is 30.2. The molecular formula is C24H33NO4. The lowest BCUT2D eigenvalue weighted by atomic mass is 9.46. The van der Waals surface area contributed by atoms with Crippen LogP contribution in [0.15, 0.2) is 16.8 Å². The van der Waals surface area contributed by atoms with Crippen molar-refractivity contribution in [2.24, 2.45) is 39.7 Å². The van der Waals surface area contributed by atoms with Crippen molar-refractivity contribution < 1.29 is 19.2 Å². The SMILES string of the molecule is CC(=O)O[C@H]1CC[C@@]2(C)C(=CC[C@@H]3[C@@H]2CC[C@@]2(C)[C@H]3C[C@H]3C=NO[C@]32C(C)=O)C1. The van der Waals surface area contributed by atoms with Crippen LogP contribution in [-0.4, -0.2) is 29.7 Å². The second-order valence-electron chi connectivity index (χ2n) is 10.7. The van der Waals surface area contributed by atoms with Gasteiger partial charge in [0.05, 0.1) is 6.21 Å². The van der Waals surface area contributed by atoms with Crippen LogP contribution in [0.4, 0.5) is 0 Å². The Kier molecular flexibility index (Phi) is 4.12. The third kappa shape index (κ3) is 2.36. The third-order valence-corrected chi connectivity index (χ3v) is 9.62. The Morgan fingerprint density at radius 3 is 2.69 bits per heavy atom. The normalized spacial score (nSPS) is 49.8. The highest BCUT2D eigenvalue weighted by atomic mass is 16.7. The molecule has 1 heterocycles. The van der Waals surface area contributed by atoms with E-state index in [9.17, 15) is 9.59 Å². The number of hydrogen-bond acceptors (Lipinski definition) is 5. The van der Waals surface area contributed by atoms with Crippen LogP contribution in [-0.2, 0) is 19.2 Å². The van der Waals surface area contributed by atoms with E-state index in [1.54, 1.807) is 6.92 Å². The molecule has 0 radical (unpaired) electrons. The van der Waals surface area contributed by atoms with Crippen LogP contribution in [0.3, 0.4) is 0 Å². The number of Topliss-reactive ketones (excluding diaryl/α,β-unsaturated/α-hetero) is 1. The molecule has 0 aromatic heterocycles. The topological polar surface area (TPSA) is 65.0 Å². The minimum absolute atomic E-state index is 0.0358. The van der Waals surface area contributed by atoms with Crippen LogP contribution in [0.2, 0.25) is 0 Å². The molecule has 0 aromatic rings. The molecule has 29 heavy (non-hydrogen) atoms. The van der Waals surface area contributed by atoms with Gasteiger partial charge in [0.1, 0.15) is 6.10 Å². The van der Waals surface area contributed by atoms with Crippen molar-refractivity contribution >= 4 is 18.0 Å². The summed E-state index contributed by atoms with van der Waals surface area (Å²) >= 11 is 0. The van der Waals surface area contributed by atoms with Gasteiger partial charge in [0, 0.05) is 24.7 Å². The van der Waals surface area contributed by atoms with E-state index in [0.717, 1.165) is 44.9 Å². The number of carbonyl (C=O) groups is 2. The highest BCUT2D eigenvalue weighted by Gasteiger charge is 2.72. The number of ketones is 1. The summed E-state index contributed by atoms with van der Waals surface area (Å²) in [5.41, 5.74) is 0.798. The smallest absolute Gasteiger partial charge is 0.302 e. The van der Waals surface area contributed by atoms with Crippen molar-refractivity contribution in [3.8, 4) is 0 Å². The summed E-state index contributed by atoms with van der Waals surface area (Å²) in [7, 11) is 0. The van der Waals surface area contributed by atoms with Gasteiger partial charge in [-0.3, -0.25) is 9.59 Å². The fourth-order valence-corrected chi connectivity index (χ4v) is 8.29. The number of fused-ring (bicyclic) bond motifs is 7. The lowest BCUT2D eigenvalue weighted by Crippen LogP contribution is -2.58. The Morgan fingerprint density at radius 2 is 1.97 bits per heavy atom. The molecule has 3 fully saturated rings. The first kappa shape index (κ1) is 19.3. The molecule has 158 valence electrons. The van der Waals surface area contributed by atoms with E-state index in [2.05, 4.69) is 25.1 Å². The molecule has 4 aliphatic carbocycles. The molecule has 0 aromatic carbocycles. The first-order valence-corrected chi connectivity index (χ1v) is 11.3. The molecule has 3 saturated carbocycles. The zero-order chi connectivity index (χ0) is 20.6. The average molecular weight is 400 g/mol. The van der Waals surface area contributed by atoms with Gasteiger partial charge < -0.3 is 9.57 Å². The number of nitrogens with zero attached hydrogens (tertiary/aromatic N) is 1. The van der Waals surface area contributed by atoms with E-state index in [0.29, 0.717) is 17.8 Å². The third-order valence-electron chi connectivity index (χ3n) is 9.62. The van der Waals surface area contributed by atoms with Gasteiger partial charge in [0.25, 0.3) is 0 Å². The first-order valence-electron chi connectivity index (χ1n) is 11.3. The van der Waals surface area contributed by atoms with Gasteiger partial charge in [-0.1, -0.05) is 30.7 Å².